The number of nitrogens with two attached hydrogens (primary N) is 1. The number of fused-ring (bicyclic) bond motifs is 1. The van der Waals surface area contributed by atoms with Crippen molar-refractivity contribution >= 4 is 35.2 Å². The average Bonchev–Trinajstić information content (AvgIpc) is 2.99. The molecule has 0 bridgehead atoms. The highest BCUT2D eigenvalue weighted by Crippen LogP contribution is 2.30. The van der Waals surface area contributed by atoms with E-state index in [0.717, 1.165) is 22.6 Å². The molecule has 1 fully saturated rings. The highest BCUT2D eigenvalue weighted by Gasteiger charge is 2.42. The summed E-state index contributed by atoms with van der Waals surface area (Å²) in [7, 11) is 1.43. The number of carbonyl (C=O) groups excluding carboxylic acids is 4. The molecule has 0 aliphatic carbocycles. The van der Waals surface area contributed by atoms with Gasteiger partial charge in [-0.05, 0) is 81.8 Å². The van der Waals surface area contributed by atoms with E-state index in [-0.39, 0.29) is 18.9 Å². The highest BCUT2D eigenvalue weighted by atomic mass is 19.1. The lowest BCUT2D eigenvalue weighted by Crippen LogP contribution is -2.60. The maximum Gasteiger partial charge on any atom is 0.410 e. The van der Waals surface area contributed by atoms with Gasteiger partial charge in [-0.3, -0.25) is 19.3 Å². The molecule has 4 rings (SSSR count). The van der Waals surface area contributed by atoms with Crippen molar-refractivity contribution in [2.24, 2.45) is 5.92 Å². The second kappa shape index (κ2) is 13.8. The number of ether oxygens (including phenoxy) is 2. The first-order chi connectivity index (χ1) is 21.2. The SMILES string of the molecule is C[C@@H](C(=O)NC(C(=O)N1Cc2cc(N)ccc2CC1C(=O)Nc1c(F)cccc1F)C1CCOCC1)N(C)C(=O)OC(C)(C)C. The molecule has 1 saturated heterocycles. The van der Waals surface area contributed by atoms with E-state index in [1.54, 1.807) is 39.0 Å². The fourth-order valence-electron chi connectivity index (χ4n) is 5.44. The number of anilines is 2. The van der Waals surface area contributed by atoms with Crippen LogP contribution in [0.15, 0.2) is 36.4 Å². The normalized spacial score (nSPS) is 18.3. The van der Waals surface area contributed by atoms with Crippen LogP contribution in [0.1, 0.15) is 51.7 Å². The van der Waals surface area contributed by atoms with Gasteiger partial charge in [0, 0.05) is 38.9 Å². The number of hydrogen-bond acceptors (Lipinski definition) is 7. The summed E-state index contributed by atoms with van der Waals surface area (Å²) in [6.45, 7) is 7.35. The van der Waals surface area contributed by atoms with Gasteiger partial charge in [0.25, 0.3) is 0 Å². The van der Waals surface area contributed by atoms with Crippen molar-refractivity contribution < 1.29 is 37.4 Å². The van der Waals surface area contributed by atoms with Crippen LogP contribution in [0.4, 0.5) is 25.0 Å². The van der Waals surface area contributed by atoms with Gasteiger partial charge < -0.3 is 30.7 Å². The van der Waals surface area contributed by atoms with Gasteiger partial charge in [-0.2, -0.15) is 0 Å². The summed E-state index contributed by atoms with van der Waals surface area (Å²) in [6, 6.07) is 5.12. The number of carbonyl (C=O) groups is 4. The molecule has 2 unspecified atom stereocenters. The monoisotopic (exact) mass is 629 g/mol. The van der Waals surface area contributed by atoms with Crippen LogP contribution < -0.4 is 16.4 Å². The van der Waals surface area contributed by atoms with Gasteiger partial charge in [0.15, 0.2) is 0 Å². The minimum absolute atomic E-state index is 0.0278. The Kier molecular flexibility index (Phi) is 10.3. The summed E-state index contributed by atoms with van der Waals surface area (Å²) in [5.41, 5.74) is 6.54. The summed E-state index contributed by atoms with van der Waals surface area (Å²) in [4.78, 5) is 56.7. The lowest BCUT2D eigenvalue weighted by atomic mass is 9.87. The zero-order valence-corrected chi connectivity index (χ0v) is 26.2. The first kappa shape index (κ1) is 33.6. The van der Waals surface area contributed by atoms with Crippen molar-refractivity contribution in [3.8, 4) is 0 Å². The van der Waals surface area contributed by atoms with E-state index in [9.17, 15) is 28.0 Å². The number of nitrogen functional groups attached to an aromatic ring is 1. The standard InChI is InChI=1S/C32H41F2N5O6/c1-18(38(5)31(43)45-32(2,3)4)28(40)36-26(19-11-13-44-14-12-19)30(42)39-17-21-15-22(35)10-9-20(21)16-25(39)29(41)37-27-23(33)7-6-8-24(27)34/h6-10,15,18-19,25-26H,11-14,16-17,35H2,1-5H3,(H,36,40)(H,37,41)/t18-,25?,26?/m0/s1. The van der Waals surface area contributed by atoms with Gasteiger partial charge in [0.05, 0.1) is 0 Å². The van der Waals surface area contributed by atoms with Crippen molar-refractivity contribution in [1.29, 1.82) is 0 Å². The molecule has 0 saturated carbocycles. The predicted molar refractivity (Wildman–Crippen MR) is 163 cm³/mol. The van der Waals surface area contributed by atoms with Crippen LogP contribution in [-0.4, -0.2) is 77.6 Å². The van der Waals surface area contributed by atoms with Crippen LogP contribution in [0.5, 0.6) is 0 Å². The predicted octanol–water partition coefficient (Wildman–Crippen LogP) is 3.61. The maximum atomic E-state index is 14.5. The van der Waals surface area contributed by atoms with Crippen LogP contribution in [0.3, 0.4) is 0 Å². The van der Waals surface area contributed by atoms with E-state index in [0.29, 0.717) is 37.3 Å². The Morgan fingerprint density at radius 1 is 1.07 bits per heavy atom. The largest absolute Gasteiger partial charge is 0.444 e. The third-order valence-electron chi connectivity index (χ3n) is 8.10. The molecule has 11 nitrogen and oxygen atoms in total. The number of rotatable bonds is 7. The summed E-state index contributed by atoms with van der Waals surface area (Å²) < 4.78 is 39.8. The molecule has 2 aliphatic heterocycles. The van der Waals surface area contributed by atoms with E-state index in [2.05, 4.69) is 10.6 Å². The number of hydrogen-bond donors (Lipinski definition) is 3. The molecule has 2 heterocycles. The number of benzene rings is 2. The quantitative estimate of drug-likeness (QED) is 0.397. The molecule has 2 aromatic rings. The average molecular weight is 630 g/mol. The molecular formula is C32H41F2N5O6. The number of amides is 4. The van der Waals surface area contributed by atoms with Crippen molar-refractivity contribution in [3.63, 3.8) is 0 Å². The fourth-order valence-corrected chi connectivity index (χ4v) is 5.44. The second-order valence-electron chi connectivity index (χ2n) is 12.5. The fraction of sp³-hybridized carbons (Fsp3) is 0.500. The minimum Gasteiger partial charge on any atom is -0.444 e. The van der Waals surface area contributed by atoms with Gasteiger partial charge in [-0.1, -0.05) is 12.1 Å². The Labute approximate surface area is 261 Å². The molecule has 3 atom stereocenters. The molecule has 4 N–H and O–H groups in total. The highest BCUT2D eigenvalue weighted by molar-refractivity contribution is 5.99. The molecule has 2 aliphatic rings. The second-order valence-corrected chi connectivity index (χ2v) is 12.5. The molecule has 4 amide bonds. The lowest BCUT2D eigenvalue weighted by Gasteiger charge is -2.40. The summed E-state index contributed by atoms with van der Waals surface area (Å²) in [5.74, 6) is -4.19. The Balaban J connectivity index is 1.65. The maximum absolute atomic E-state index is 14.5. The first-order valence-corrected chi connectivity index (χ1v) is 14.9. The van der Waals surface area contributed by atoms with Crippen LogP contribution in [-0.2, 0) is 36.8 Å². The lowest BCUT2D eigenvalue weighted by molar-refractivity contribution is -0.146. The van der Waals surface area contributed by atoms with E-state index < -0.39 is 64.9 Å². The zero-order valence-electron chi connectivity index (χ0n) is 26.2. The van der Waals surface area contributed by atoms with Gasteiger partial charge in [-0.15, -0.1) is 0 Å². The van der Waals surface area contributed by atoms with Gasteiger partial charge >= 0.3 is 6.09 Å². The van der Waals surface area contributed by atoms with Crippen molar-refractivity contribution in [3.05, 3.63) is 59.2 Å². The smallest absolute Gasteiger partial charge is 0.410 e. The van der Waals surface area contributed by atoms with Crippen molar-refractivity contribution in [2.75, 3.05) is 31.3 Å². The van der Waals surface area contributed by atoms with Crippen LogP contribution in [0.2, 0.25) is 0 Å². The summed E-state index contributed by atoms with van der Waals surface area (Å²) >= 11 is 0. The van der Waals surface area contributed by atoms with Crippen molar-refractivity contribution in [2.45, 2.75) is 77.2 Å². The van der Waals surface area contributed by atoms with E-state index in [1.807, 2.05) is 0 Å². The Bertz CT molecular complexity index is 1420. The topological polar surface area (TPSA) is 143 Å². The van der Waals surface area contributed by atoms with Crippen LogP contribution >= 0.6 is 0 Å². The third-order valence-corrected chi connectivity index (χ3v) is 8.10. The zero-order chi connectivity index (χ0) is 33.1. The number of halogens is 2. The molecule has 45 heavy (non-hydrogen) atoms. The van der Waals surface area contributed by atoms with E-state index >= 15 is 0 Å². The molecule has 244 valence electrons. The number of likely N-dealkylation sites (N-methyl/N-ethyl adjacent to an activating group) is 1. The molecule has 0 aromatic heterocycles. The Morgan fingerprint density at radius 3 is 2.33 bits per heavy atom. The Hall–Kier alpha value is -4.26. The molecule has 0 spiro atoms. The summed E-state index contributed by atoms with van der Waals surface area (Å²) in [6.07, 6.45) is 0.264. The summed E-state index contributed by atoms with van der Waals surface area (Å²) in [5, 5.41) is 5.16. The van der Waals surface area contributed by atoms with Crippen LogP contribution in [0.25, 0.3) is 0 Å². The molecule has 0 radical (unpaired) electrons. The van der Waals surface area contributed by atoms with Gasteiger partial charge in [0.1, 0.15) is 41.0 Å². The number of para-hydroxylation sites is 1. The molecular weight excluding hydrogens is 588 g/mol. The van der Waals surface area contributed by atoms with Gasteiger partial charge in [0.2, 0.25) is 17.7 Å². The third kappa shape index (κ3) is 8.07. The molecule has 13 heteroatoms. The number of nitrogens with one attached hydrogen (secondary N) is 2. The van der Waals surface area contributed by atoms with Gasteiger partial charge in [-0.25, -0.2) is 13.6 Å². The van der Waals surface area contributed by atoms with E-state index in [4.69, 9.17) is 15.2 Å². The number of nitrogens with zero attached hydrogens (tertiary/aromatic N) is 2. The minimum atomic E-state index is -1.16. The van der Waals surface area contributed by atoms with Crippen molar-refractivity contribution in [1.82, 2.24) is 15.1 Å². The van der Waals surface area contributed by atoms with E-state index in [1.165, 1.54) is 24.9 Å². The Morgan fingerprint density at radius 2 is 1.71 bits per heavy atom. The van der Waals surface area contributed by atoms with Crippen LogP contribution in [0, 0.1) is 17.6 Å². The molecule has 2 aromatic carbocycles. The first-order valence-electron chi connectivity index (χ1n) is 14.9.